The molecule has 0 aromatic heterocycles. The van der Waals surface area contributed by atoms with Gasteiger partial charge in [-0.3, -0.25) is 9.80 Å². The van der Waals surface area contributed by atoms with Gasteiger partial charge in [-0.05, 0) is 11.8 Å². The largest absolute Gasteiger partial charge is 0.394 e. The van der Waals surface area contributed by atoms with Gasteiger partial charge in [0.1, 0.15) is 0 Å². The van der Waals surface area contributed by atoms with Gasteiger partial charge in [0, 0.05) is 6.54 Å². The van der Waals surface area contributed by atoms with Crippen molar-refractivity contribution in [1.82, 2.24) is 14.2 Å². The molecule has 0 radical (unpaired) electrons. The summed E-state index contributed by atoms with van der Waals surface area (Å²) in [5, 5.41) is 26.8. The standard InChI is InChI=1S/C7H16ClN3O3/c8-11-4-9(1-7(14)2-12)3-10(5-11)6-13/h7,12-14H,1-6H2. The monoisotopic (exact) mass is 225 g/mol. The lowest BCUT2D eigenvalue weighted by Crippen LogP contribution is -2.53. The average Bonchev–Trinajstić information content (AvgIpc) is 2.16. The van der Waals surface area contributed by atoms with Crippen molar-refractivity contribution in [3.05, 3.63) is 0 Å². The lowest BCUT2D eigenvalue weighted by molar-refractivity contribution is -0.0521. The molecule has 0 saturated carbocycles. The van der Waals surface area contributed by atoms with Crippen LogP contribution in [0.3, 0.4) is 0 Å². The Balaban J connectivity index is 2.37. The van der Waals surface area contributed by atoms with Crippen molar-refractivity contribution < 1.29 is 15.3 Å². The predicted octanol–water partition coefficient (Wildman–Crippen LogP) is -1.76. The van der Waals surface area contributed by atoms with Gasteiger partial charge >= 0.3 is 0 Å². The zero-order chi connectivity index (χ0) is 10.6. The van der Waals surface area contributed by atoms with Crippen LogP contribution in [-0.2, 0) is 0 Å². The van der Waals surface area contributed by atoms with Gasteiger partial charge in [0.2, 0.25) is 0 Å². The van der Waals surface area contributed by atoms with Crippen molar-refractivity contribution in [2.75, 3.05) is 39.9 Å². The van der Waals surface area contributed by atoms with Crippen molar-refractivity contribution >= 4 is 11.8 Å². The first-order valence-corrected chi connectivity index (χ1v) is 4.74. The van der Waals surface area contributed by atoms with Gasteiger partial charge in [-0.2, -0.15) is 4.42 Å². The molecule has 1 aliphatic heterocycles. The van der Waals surface area contributed by atoms with Crippen LogP contribution in [0.5, 0.6) is 0 Å². The lowest BCUT2D eigenvalue weighted by atomic mass is 10.3. The Hall–Kier alpha value is 0.0500. The van der Waals surface area contributed by atoms with E-state index in [9.17, 15) is 5.11 Å². The third-order valence-corrected chi connectivity index (χ3v) is 2.20. The van der Waals surface area contributed by atoms with E-state index in [2.05, 4.69) is 0 Å². The lowest BCUT2D eigenvalue weighted by Gasteiger charge is -2.38. The van der Waals surface area contributed by atoms with Gasteiger partial charge < -0.3 is 15.3 Å². The quantitative estimate of drug-likeness (QED) is 0.493. The van der Waals surface area contributed by atoms with Gasteiger partial charge in [-0.15, -0.1) is 0 Å². The van der Waals surface area contributed by atoms with Crippen LogP contribution in [0.2, 0.25) is 0 Å². The van der Waals surface area contributed by atoms with Crippen molar-refractivity contribution in [3.8, 4) is 0 Å². The highest BCUT2D eigenvalue weighted by atomic mass is 35.5. The SMILES string of the molecule is OCC(O)CN1CN(Cl)CN(CO)C1. The zero-order valence-corrected chi connectivity index (χ0v) is 8.64. The molecule has 0 aliphatic carbocycles. The summed E-state index contributed by atoms with van der Waals surface area (Å²) >= 11 is 5.81. The van der Waals surface area contributed by atoms with Crippen molar-refractivity contribution in [2.24, 2.45) is 0 Å². The molecular formula is C7H16ClN3O3. The molecule has 3 N–H and O–H groups in total. The molecule has 1 unspecified atom stereocenters. The molecule has 7 heteroatoms. The van der Waals surface area contributed by atoms with E-state index in [0.717, 1.165) is 0 Å². The first kappa shape index (κ1) is 12.1. The summed E-state index contributed by atoms with van der Waals surface area (Å²) in [4.78, 5) is 3.55. The molecule has 1 atom stereocenters. The van der Waals surface area contributed by atoms with Crippen LogP contribution in [0.15, 0.2) is 0 Å². The summed E-state index contributed by atoms with van der Waals surface area (Å²) in [5.41, 5.74) is 0. The summed E-state index contributed by atoms with van der Waals surface area (Å²) in [6.07, 6.45) is -0.765. The summed E-state index contributed by atoms with van der Waals surface area (Å²) in [6.45, 7) is 1.54. The minimum Gasteiger partial charge on any atom is -0.394 e. The Bertz CT molecular complexity index is 172. The molecule has 0 aromatic rings. The zero-order valence-electron chi connectivity index (χ0n) is 7.88. The van der Waals surface area contributed by atoms with Gasteiger partial charge in [0.15, 0.2) is 0 Å². The molecule has 0 amide bonds. The topological polar surface area (TPSA) is 70.4 Å². The highest BCUT2D eigenvalue weighted by Gasteiger charge is 2.22. The Morgan fingerprint density at radius 3 is 2.36 bits per heavy atom. The molecule has 0 spiro atoms. The van der Waals surface area contributed by atoms with Crippen molar-refractivity contribution in [2.45, 2.75) is 6.10 Å². The summed E-state index contributed by atoms with van der Waals surface area (Å²) < 4.78 is 1.50. The highest BCUT2D eigenvalue weighted by molar-refractivity contribution is 6.13. The maximum absolute atomic E-state index is 9.22. The maximum atomic E-state index is 9.22. The second-order valence-corrected chi connectivity index (χ2v) is 3.87. The molecule has 1 fully saturated rings. The Morgan fingerprint density at radius 1 is 1.14 bits per heavy atom. The normalized spacial score (nSPS) is 24.0. The first-order valence-electron chi connectivity index (χ1n) is 4.41. The fourth-order valence-electron chi connectivity index (χ4n) is 1.41. The highest BCUT2D eigenvalue weighted by Crippen LogP contribution is 2.09. The fourth-order valence-corrected chi connectivity index (χ4v) is 1.71. The fraction of sp³-hybridized carbons (Fsp3) is 1.00. The molecule has 1 heterocycles. The summed E-state index contributed by atoms with van der Waals surface area (Å²) in [7, 11) is 0. The van der Waals surface area contributed by atoms with Crippen LogP contribution in [0.4, 0.5) is 0 Å². The molecule has 84 valence electrons. The Labute approximate surface area is 88.0 Å². The van der Waals surface area contributed by atoms with Gasteiger partial charge in [0.25, 0.3) is 0 Å². The second-order valence-electron chi connectivity index (χ2n) is 3.39. The number of hydrogen-bond donors (Lipinski definition) is 3. The second kappa shape index (κ2) is 5.82. The van der Waals surface area contributed by atoms with Crippen LogP contribution in [-0.4, -0.2) is 75.5 Å². The Kier molecular flexibility index (Phi) is 5.04. The molecule has 14 heavy (non-hydrogen) atoms. The van der Waals surface area contributed by atoms with Gasteiger partial charge in [0.05, 0.1) is 39.4 Å². The average molecular weight is 226 g/mol. The summed E-state index contributed by atoms with van der Waals surface area (Å²) in [6, 6.07) is 0. The number of β-amino-alcohol motifs (C(OH)–C–C–N with tert-alkyl or cyclic N) is 1. The van der Waals surface area contributed by atoms with E-state index in [4.69, 9.17) is 22.0 Å². The number of hydrogen-bond acceptors (Lipinski definition) is 6. The number of nitrogens with zero attached hydrogens (tertiary/aromatic N) is 3. The number of halogens is 1. The van der Waals surface area contributed by atoms with Gasteiger partial charge in [-0.25, -0.2) is 0 Å². The van der Waals surface area contributed by atoms with Gasteiger partial charge in [-0.1, -0.05) is 0 Å². The van der Waals surface area contributed by atoms with Crippen LogP contribution < -0.4 is 0 Å². The minimum absolute atomic E-state index is 0.0745. The van der Waals surface area contributed by atoms with E-state index in [1.165, 1.54) is 4.42 Å². The van der Waals surface area contributed by atoms with Crippen LogP contribution in [0.25, 0.3) is 0 Å². The molecule has 6 nitrogen and oxygen atoms in total. The van der Waals surface area contributed by atoms with Crippen LogP contribution in [0, 0.1) is 0 Å². The summed E-state index contributed by atoms with van der Waals surface area (Å²) in [5.74, 6) is 0. The predicted molar refractivity (Wildman–Crippen MR) is 51.0 cm³/mol. The van der Waals surface area contributed by atoms with E-state index >= 15 is 0 Å². The molecule has 0 aromatic carbocycles. The van der Waals surface area contributed by atoms with E-state index in [1.54, 1.807) is 4.90 Å². The number of rotatable bonds is 4. The third kappa shape index (κ3) is 3.66. The van der Waals surface area contributed by atoms with E-state index in [-0.39, 0.29) is 13.3 Å². The minimum atomic E-state index is -0.765. The third-order valence-electron chi connectivity index (χ3n) is 1.99. The van der Waals surface area contributed by atoms with Crippen molar-refractivity contribution in [1.29, 1.82) is 0 Å². The number of aliphatic hydroxyl groups is 3. The molecule has 1 aliphatic rings. The van der Waals surface area contributed by atoms with E-state index < -0.39 is 6.10 Å². The van der Waals surface area contributed by atoms with Crippen LogP contribution in [0.1, 0.15) is 0 Å². The Morgan fingerprint density at radius 2 is 1.79 bits per heavy atom. The number of aliphatic hydroxyl groups excluding tert-OH is 3. The van der Waals surface area contributed by atoms with Crippen LogP contribution >= 0.6 is 11.8 Å². The van der Waals surface area contributed by atoms with E-state index in [0.29, 0.717) is 26.6 Å². The molecule has 0 bridgehead atoms. The van der Waals surface area contributed by atoms with Crippen molar-refractivity contribution in [3.63, 3.8) is 0 Å². The molecular weight excluding hydrogens is 210 g/mol. The molecule has 1 rings (SSSR count). The van der Waals surface area contributed by atoms with E-state index in [1.807, 2.05) is 4.90 Å². The maximum Gasteiger partial charge on any atom is 0.0977 e. The molecule has 1 saturated heterocycles. The smallest absolute Gasteiger partial charge is 0.0977 e. The first-order chi connectivity index (χ1) is 6.65.